The summed E-state index contributed by atoms with van der Waals surface area (Å²) >= 11 is 0. The van der Waals surface area contributed by atoms with Gasteiger partial charge in [-0.15, -0.1) is 0 Å². The van der Waals surface area contributed by atoms with Crippen LogP contribution in [0.25, 0.3) is 0 Å². The van der Waals surface area contributed by atoms with Gasteiger partial charge in [0.25, 0.3) is 0 Å². The van der Waals surface area contributed by atoms with Gasteiger partial charge in [0.2, 0.25) is 0 Å². The van der Waals surface area contributed by atoms with E-state index in [1.54, 1.807) is 6.20 Å². The molecule has 0 aliphatic carbocycles. The number of benzene rings is 1. The molecule has 1 aromatic carbocycles. The minimum atomic E-state index is 0.279. The van der Waals surface area contributed by atoms with Crippen molar-refractivity contribution in [3.8, 4) is 17.6 Å². The minimum Gasteiger partial charge on any atom is -0.453 e. The van der Waals surface area contributed by atoms with Crippen molar-refractivity contribution in [2.75, 3.05) is 7.05 Å². The highest BCUT2D eigenvalue weighted by Crippen LogP contribution is 2.26. The van der Waals surface area contributed by atoms with E-state index in [-0.39, 0.29) is 6.04 Å². The van der Waals surface area contributed by atoms with E-state index >= 15 is 0 Å². The Kier molecular flexibility index (Phi) is 4.38. The second kappa shape index (κ2) is 6.22. The van der Waals surface area contributed by atoms with Gasteiger partial charge in [-0.05, 0) is 38.6 Å². The average Bonchev–Trinajstić information content (AvgIpc) is 2.89. The zero-order valence-electron chi connectivity index (χ0n) is 11.9. The van der Waals surface area contributed by atoms with Crippen LogP contribution in [-0.4, -0.2) is 16.8 Å². The Labute approximate surface area is 118 Å². The predicted molar refractivity (Wildman–Crippen MR) is 76.6 cm³/mol. The fourth-order valence-corrected chi connectivity index (χ4v) is 1.85. The predicted octanol–water partition coefficient (Wildman–Crippen LogP) is 2.85. The van der Waals surface area contributed by atoms with Crippen molar-refractivity contribution in [3.63, 3.8) is 0 Å². The van der Waals surface area contributed by atoms with Crippen molar-refractivity contribution in [2.45, 2.75) is 26.4 Å². The molecule has 5 nitrogen and oxygen atoms in total. The van der Waals surface area contributed by atoms with E-state index < -0.39 is 0 Å². The van der Waals surface area contributed by atoms with Crippen LogP contribution in [0.15, 0.2) is 30.6 Å². The van der Waals surface area contributed by atoms with E-state index in [9.17, 15) is 5.26 Å². The second-order valence-corrected chi connectivity index (χ2v) is 4.82. The topological polar surface area (TPSA) is 62.9 Å². The van der Waals surface area contributed by atoms with Crippen LogP contribution in [0.5, 0.6) is 11.5 Å². The summed E-state index contributed by atoms with van der Waals surface area (Å²) in [6.45, 7) is 4.81. The van der Waals surface area contributed by atoms with Crippen LogP contribution in [0.2, 0.25) is 0 Å². The molecular formula is C15H18N4O. The van der Waals surface area contributed by atoms with E-state index in [1.807, 2.05) is 50.0 Å². The van der Waals surface area contributed by atoms with E-state index in [0.717, 1.165) is 12.1 Å². The third-order valence-electron chi connectivity index (χ3n) is 2.88. The lowest BCUT2D eigenvalue weighted by Crippen LogP contribution is -2.05. The van der Waals surface area contributed by atoms with Crippen molar-refractivity contribution in [3.05, 3.63) is 41.7 Å². The van der Waals surface area contributed by atoms with Gasteiger partial charge in [0.05, 0.1) is 18.0 Å². The van der Waals surface area contributed by atoms with Gasteiger partial charge in [0.15, 0.2) is 5.75 Å². The lowest BCUT2D eigenvalue weighted by Gasteiger charge is -2.07. The lowest BCUT2D eigenvalue weighted by molar-refractivity contribution is 0.475. The zero-order valence-corrected chi connectivity index (χ0v) is 11.9. The third-order valence-corrected chi connectivity index (χ3v) is 2.88. The van der Waals surface area contributed by atoms with Crippen LogP contribution in [0.4, 0.5) is 0 Å². The third kappa shape index (κ3) is 3.16. The van der Waals surface area contributed by atoms with Crippen LogP contribution < -0.4 is 10.1 Å². The largest absolute Gasteiger partial charge is 0.453 e. The number of nitrogens with one attached hydrogen (secondary N) is 1. The SMILES string of the molecule is CNCc1ccc(Oc2cnn(C(C)C)c2)c(C#N)c1. The summed E-state index contributed by atoms with van der Waals surface area (Å²) in [4.78, 5) is 0. The molecule has 1 aromatic heterocycles. The minimum absolute atomic E-state index is 0.279. The molecule has 20 heavy (non-hydrogen) atoms. The molecule has 1 heterocycles. The number of nitrogens with zero attached hydrogens (tertiary/aromatic N) is 3. The molecule has 104 valence electrons. The maximum atomic E-state index is 9.21. The summed E-state index contributed by atoms with van der Waals surface area (Å²) in [6, 6.07) is 8.04. The van der Waals surface area contributed by atoms with Gasteiger partial charge in [-0.25, -0.2) is 0 Å². The highest BCUT2D eigenvalue weighted by atomic mass is 16.5. The van der Waals surface area contributed by atoms with Crippen LogP contribution in [0, 0.1) is 11.3 Å². The number of ether oxygens (including phenoxy) is 1. The Balaban J connectivity index is 2.22. The first kappa shape index (κ1) is 14.1. The first-order chi connectivity index (χ1) is 9.63. The quantitative estimate of drug-likeness (QED) is 0.907. The van der Waals surface area contributed by atoms with E-state index in [4.69, 9.17) is 4.74 Å². The van der Waals surface area contributed by atoms with Gasteiger partial charge in [0.1, 0.15) is 11.8 Å². The van der Waals surface area contributed by atoms with Crippen LogP contribution in [0.1, 0.15) is 31.0 Å². The molecule has 0 bridgehead atoms. The molecule has 0 amide bonds. The van der Waals surface area contributed by atoms with E-state index in [0.29, 0.717) is 17.1 Å². The summed E-state index contributed by atoms with van der Waals surface area (Å²) < 4.78 is 7.55. The van der Waals surface area contributed by atoms with Gasteiger partial charge in [-0.1, -0.05) is 6.07 Å². The molecule has 0 fully saturated rings. The van der Waals surface area contributed by atoms with Crippen LogP contribution in [-0.2, 0) is 6.54 Å². The van der Waals surface area contributed by atoms with Gasteiger partial charge in [-0.2, -0.15) is 10.4 Å². The molecule has 0 aliphatic heterocycles. The molecule has 1 N–H and O–H groups in total. The molecule has 0 saturated carbocycles. The Bertz CT molecular complexity index is 625. The molecule has 0 radical (unpaired) electrons. The number of hydrogen-bond donors (Lipinski definition) is 1. The monoisotopic (exact) mass is 270 g/mol. The molecule has 2 rings (SSSR count). The summed E-state index contributed by atoms with van der Waals surface area (Å²) in [7, 11) is 1.87. The fourth-order valence-electron chi connectivity index (χ4n) is 1.85. The Hall–Kier alpha value is -2.32. The molecule has 0 aliphatic rings. The van der Waals surface area contributed by atoms with Crippen LogP contribution in [0.3, 0.4) is 0 Å². The van der Waals surface area contributed by atoms with Crippen LogP contribution >= 0.6 is 0 Å². The lowest BCUT2D eigenvalue weighted by atomic mass is 10.1. The Morgan fingerprint density at radius 3 is 2.85 bits per heavy atom. The first-order valence-electron chi connectivity index (χ1n) is 6.53. The fraction of sp³-hybridized carbons (Fsp3) is 0.333. The van der Waals surface area contributed by atoms with Crippen molar-refractivity contribution < 1.29 is 4.74 Å². The maximum Gasteiger partial charge on any atom is 0.165 e. The molecule has 0 unspecified atom stereocenters. The molecule has 5 heteroatoms. The second-order valence-electron chi connectivity index (χ2n) is 4.82. The molecule has 0 atom stereocenters. The highest BCUT2D eigenvalue weighted by Gasteiger charge is 2.08. The molecular weight excluding hydrogens is 252 g/mol. The Morgan fingerprint density at radius 2 is 2.25 bits per heavy atom. The molecule has 0 spiro atoms. The van der Waals surface area contributed by atoms with Crippen molar-refractivity contribution in [1.29, 1.82) is 5.26 Å². The van der Waals surface area contributed by atoms with Crippen molar-refractivity contribution >= 4 is 0 Å². The van der Waals surface area contributed by atoms with E-state index in [1.165, 1.54) is 0 Å². The summed E-state index contributed by atoms with van der Waals surface area (Å²) in [5.74, 6) is 1.19. The number of aromatic nitrogens is 2. The summed E-state index contributed by atoms with van der Waals surface area (Å²) in [6.07, 6.45) is 3.48. The van der Waals surface area contributed by atoms with Crippen molar-refractivity contribution in [2.24, 2.45) is 0 Å². The first-order valence-corrected chi connectivity index (χ1v) is 6.53. The van der Waals surface area contributed by atoms with Crippen molar-refractivity contribution in [1.82, 2.24) is 15.1 Å². The highest BCUT2D eigenvalue weighted by molar-refractivity contribution is 5.47. The Morgan fingerprint density at radius 1 is 1.45 bits per heavy atom. The van der Waals surface area contributed by atoms with Gasteiger partial charge >= 0.3 is 0 Å². The summed E-state index contributed by atoms with van der Waals surface area (Å²) in [5, 5.41) is 16.5. The summed E-state index contributed by atoms with van der Waals surface area (Å²) in [5.41, 5.74) is 1.57. The number of nitriles is 1. The van der Waals surface area contributed by atoms with Gasteiger partial charge in [-0.3, -0.25) is 4.68 Å². The molecule has 0 saturated heterocycles. The zero-order chi connectivity index (χ0) is 14.5. The standard InChI is InChI=1S/C15H18N4O/c1-11(2)19-10-14(9-18-19)20-15-5-4-12(8-17-3)6-13(15)7-16/h4-6,9-11,17H,8H2,1-3H3. The number of hydrogen-bond acceptors (Lipinski definition) is 4. The number of rotatable bonds is 5. The van der Waals surface area contributed by atoms with E-state index in [2.05, 4.69) is 16.5 Å². The molecule has 2 aromatic rings. The van der Waals surface area contributed by atoms with Gasteiger partial charge < -0.3 is 10.1 Å². The van der Waals surface area contributed by atoms with Gasteiger partial charge in [0, 0.05) is 12.6 Å². The average molecular weight is 270 g/mol. The normalized spacial score (nSPS) is 10.6. The maximum absolute atomic E-state index is 9.21. The smallest absolute Gasteiger partial charge is 0.165 e.